The molecule has 1 rings (SSSR count). The summed E-state index contributed by atoms with van der Waals surface area (Å²) in [4.78, 5) is 22.2. The Morgan fingerprint density at radius 1 is 1.38 bits per heavy atom. The number of hydrogen-bond donors (Lipinski definition) is 0. The molecule has 1 aromatic rings. The number of halogens is 3. The van der Waals surface area contributed by atoms with Gasteiger partial charge in [-0.1, -0.05) is 6.07 Å². The van der Waals surface area contributed by atoms with Crippen molar-refractivity contribution in [1.82, 2.24) is 0 Å². The average molecular weight is 248 g/mol. The maximum Gasteiger partial charge on any atom is 0.450 e. The lowest BCUT2D eigenvalue weighted by atomic mass is 10.2. The molecule has 0 N–H and O–H groups in total. The van der Waals surface area contributed by atoms with E-state index in [-0.39, 0.29) is 0 Å². The van der Waals surface area contributed by atoms with Gasteiger partial charge in [-0.25, -0.2) is 0 Å². The van der Waals surface area contributed by atoms with E-state index < -0.39 is 24.2 Å². The Morgan fingerprint density at radius 3 is 2.56 bits per heavy atom. The molecule has 0 unspecified atom stereocenters. The van der Waals surface area contributed by atoms with Crippen molar-refractivity contribution in [1.29, 1.82) is 0 Å². The zero-order valence-electron chi connectivity index (χ0n) is 7.95. The fraction of sp³-hybridized carbons (Fsp3) is 0.200. The summed E-state index contributed by atoms with van der Waals surface area (Å²) in [7, 11) is 0. The minimum Gasteiger partial charge on any atom is -0.294 e. The van der Waals surface area contributed by atoms with E-state index in [1.807, 2.05) is 0 Å². The van der Waals surface area contributed by atoms with Gasteiger partial charge in [0, 0.05) is 4.88 Å². The highest BCUT2D eigenvalue weighted by molar-refractivity contribution is 7.10. The van der Waals surface area contributed by atoms with Crippen LogP contribution >= 0.6 is 11.3 Å². The SMILES string of the molecule is O=C(C=Cc1cccs1)CC(=O)C(F)(F)F. The molecule has 0 atom stereocenters. The number of ketones is 2. The molecule has 1 aromatic heterocycles. The van der Waals surface area contributed by atoms with Crippen molar-refractivity contribution in [3.63, 3.8) is 0 Å². The number of rotatable bonds is 4. The summed E-state index contributed by atoms with van der Waals surface area (Å²) in [5.41, 5.74) is 0. The van der Waals surface area contributed by atoms with Crippen molar-refractivity contribution < 1.29 is 22.8 Å². The highest BCUT2D eigenvalue weighted by atomic mass is 32.1. The summed E-state index contributed by atoms with van der Waals surface area (Å²) in [6.45, 7) is 0. The standard InChI is InChI=1S/C10H7F3O2S/c11-10(12,13)9(15)6-7(14)3-4-8-2-1-5-16-8/h1-5H,6H2. The lowest BCUT2D eigenvalue weighted by Crippen LogP contribution is -2.24. The van der Waals surface area contributed by atoms with Gasteiger partial charge in [-0.3, -0.25) is 9.59 Å². The Labute approximate surface area is 93.4 Å². The van der Waals surface area contributed by atoms with Crippen molar-refractivity contribution in [3.05, 3.63) is 28.5 Å². The molecule has 6 heteroatoms. The van der Waals surface area contributed by atoms with Gasteiger partial charge in [0.25, 0.3) is 0 Å². The topological polar surface area (TPSA) is 34.1 Å². The largest absolute Gasteiger partial charge is 0.450 e. The van der Waals surface area contributed by atoms with Crippen LogP contribution in [0.15, 0.2) is 23.6 Å². The van der Waals surface area contributed by atoms with E-state index in [1.165, 1.54) is 17.4 Å². The molecule has 0 saturated heterocycles. The average Bonchev–Trinajstić information content (AvgIpc) is 2.65. The van der Waals surface area contributed by atoms with Crippen molar-refractivity contribution in [2.75, 3.05) is 0 Å². The van der Waals surface area contributed by atoms with Crippen molar-refractivity contribution in [2.45, 2.75) is 12.6 Å². The molecule has 0 aliphatic rings. The highest BCUT2D eigenvalue weighted by Gasteiger charge is 2.38. The summed E-state index contributed by atoms with van der Waals surface area (Å²) in [6, 6.07) is 3.45. The monoisotopic (exact) mass is 248 g/mol. The zero-order chi connectivity index (χ0) is 12.2. The number of Topliss-reactive ketones (excluding diaryl/α,β-unsaturated/α-hetero) is 1. The zero-order valence-corrected chi connectivity index (χ0v) is 8.77. The molecule has 2 nitrogen and oxygen atoms in total. The molecule has 0 aromatic carbocycles. The molecule has 0 aliphatic carbocycles. The van der Waals surface area contributed by atoms with E-state index >= 15 is 0 Å². The van der Waals surface area contributed by atoms with Gasteiger partial charge in [-0.05, 0) is 23.6 Å². The molecule has 0 radical (unpaired) electrons. The third kappa shape index (κ3) is 3.98. The van der Waals surface area contributed by atoms with Gasteiger partial charge in [0.05, 0.1) is 6.42 Å². The van der Waals surface area contributed by atoms with Crippen LogP contribution in [-0.4, -0.2) is 17.7 Å². The predicted molar refractivity (Wildman–Crippen MR) is 54.0 cm³/mol. The number of carbonyl (C=O) groups excluding carboxylic acids is 2. The van der Waals surface area contributed by atoms with Crippen LogP contribution < -0.4 is 0 Å². The van der Waals surface area contributed by atoms with Crippen LogP contribution in [-0.2, 0) is 9.59 Å². The third-order valence-electron chi connectivity index (χ3n) is 1.63. The molecule has 0 fully saturated rings. The Kier molecular flexibility index (Phi) is 4.00. The minimum atomic E-state index is -4.94. The summed E-state index contributed by atoms with van der Waals surface area (Å²) in [6.07, 6.45) is -3.70. The molecule has 1 heterocycles. The van der Waals surface area contributed by atoms with E-state index in [1.54, 1.807) is 17.5 Å². The van der Waals surface area contributed by atoms with Crippen LogP contribution in [0.4, 0.5) is 13.2 Å². The van der Waals surface area contributed by atoms with Gasteiger partial charge in [-0.2, -0.15) is 13.2 Å². The maximum atomic E-state index is 11.8. The number of alkyl halides is 3. The molecule has 0 aliphatic heterocycles. The predicted octanol–water partition coefficient (Wildman–Crippen LogP) is 2.85. The molecule has 0 spiro atoms. The van der Waals surface area contributed by atoms with Crippen molar-refractivity contribution >= 4 is 29.0 Å². The first-order valence-electron chi connectivity index (χ1n) is 4.24. The Bertz CT molecular complexity index is 404. The first-order chi connectivity index (χ1) is 7.39. The maximum absolute atomic E-state index is 11.8. The fourth-order valence-corrected chi connectivity index (χ4v) is 1.50. The van der Waals surface area contributed by atoms with Gasteiger partial charge in [-0.15, -0.1) is 11.3 Å². The summed E-state index contributed by atoms with van der Waals surface area (Å²) in [5, 5.41) is 1.77. The van der Waals surface area contributed by atoms with Gasteiger partial charge in [0.1, 0.15) is 0 Å². The van der Waals surface area contributed by atoms with E-state index in [4.69, 9.17) is 0 Å². The number of carbonyl (C=O) groups is 2. The second-order valence-electron chi connectivity index (χ2n) is 2.91. The lowest BCUT2D eigenvalue weighted by Gasteiger charge is -2.01. The fourth-order valence-electron chi connectivity index (χ4n) is 0.879. The van der Waals surface area contributed by atoms with Crippen LogP contribution in [0, 0.1) is 0 Å². The van der Waals surface area contributed by atoms with Crippen LogP contribution in [0.25, 0.3) is 6.08 Å². The van der Waals surface area contributed by atoms with Crippen LogP contribution in [0.5, 0.6) is 0 Å². The van der Waals surface area contributed by atoms with E-state index in [0.29, 0.717) is 0 Å². The Balaban J connectivity index is 2.52. The van der Waals surface area contributed by atoms with Crippen LogP contribution in [0.2, 0.25) is 0 Å². The van der Waals surface area contributed by atoms with Gasteiger partial charge in [0.2, 0.25) is 5.78 Å². The third-order valence-corrected chi connectivity index (χ3v) is 2.47. The van der Waals surface area contributed by atoms with Crippen LogP contribution in [0.3, 0.4) is 0 Å². The number of thiophene rings is 1. The second-order valence-corrected chi connectivity index (χ2v) is 3.89. The molecule has 0 amide bonds. The van der Waals surface area contributed by atoms with Crippen molar-refractivity contribution in [3.8, 4) is 0 Å². The normalized spacial score (nSPS) is 11.9. The van der Waals surface area contributed by atoms with E-state index in [0.717, 1.165) is 11.0 Å². The minimum absolute atomic E-state index is 0.743. The molecule has 0 bridgehead atoms. The second kappa shape index (κ2) is 5.07. The summed E-state index contributed by atoms with van der Waals surface area (Å²) in [5.74, 6) is -2.87. The molecule has 0 saturated carbocycles. The molecular weight excluding hydrogens is 241 g/mol. The van der Waals surface area contributed by atoms with E-state index in [2.05, 4.69) is 0 Å². The van der Waals surface area contributed by atoms with Gasteiger partial charge < -0.3 is 0 Å². The molecule has 86 valence electrons. The smallest absolute Gasteiger partial charge is 0.294 e. The summed E-state index contributed by atoms with van der Waals surface area (Å²) < 4.78 is 35.4. The molecular formula is C10H7F3O2S. The Morgan fingerprint density at radius 2 is 2.06 bits per heavy atom. The lowest BCUT2D eigenvalue weighted by molar-refractivity contribution is -0.171. The van der Waals surface area contributed by atoms with Crippen molar-refractivity contribution in [2.24, 2.45) is 0 Å². The van der Waals surface area contributed by atoms with Gasteiger partial charge in [0.15, 0.2) is 5.78 Å². The summed E-state index contributed by atoms with van der Waals surface area (Å²) >= 11 is 1.34. The van der Waals surface area contributed by atoms with E-state index in [9.17, 15) is 22.8 Å². The molecule has 16 heavy (non-hydrogen) atoms. The highest BCUT2D eigenvalue weighted by Crippen LogP contribution is 2.18. The van der Waals surface area contributed by atoms with Crippen LogP contribution in [0.1, 0.15) is 11.3 Å². The quantitative estimate of drug-likeness (QED) is 0.606. The number of hydrogen-bond acceptors (Lipinski definition) is 3. The van der Waals surface area contributed by atoms with Gasteiger partial charge >= 0.3 is 6.18 Å². The first kappa shape index (κ1) is 12.6. The number of allylic oxidation sites excluding steroid dienone is 1. The first-order valence-corrected chi connectivity index (χ1v) is 5.12. The Hall–Kier alpha value is -1.43.